The van der Waals surface area contributed by atoms with Crippen LogP contribution < -0.4 is 0 Å². The molecule has 0 aliphatic carbocycles. The predicted octanol–water partition coefficient (Wildman–Crippen LogP) is 3.04. The van der Waals surface area contributed by atoms with E-state index in [1.807, 2.05) is 0 Å². The molecular formula is C12H24O2SiSn2. The van der Waals surface area contributed by atoms with Crippen molar-refractivity contribution in [1.82, 2.24) is 0 Å². The number of hydrogen-bond acceptors (Lipinski definition) is 2. The van der Waals surface area contributed by atoms with Crippen molar-refractivity contribution in [2.45, 2.75) is 42.7 Å². The van der Waals surface area contributed by atoms with Gasteiger partial charge in [-0.05, 0) is 0 Å². The minimum absolute atomic E-state index is 1.01. The van der Waals surface area contributed by atoms with Crippen LogP contribution in [0.3, 0.4) is 0 Å². The third-order valence-corrected chi connectivity index (χ3v) is 35.6. The molecule has 0 saturated heterocycles. The van der Waals surface area contributed by atoms with Gasteiger partial charge in [0.15, 0.2) is 0 Å². The van der Waals surface area contributed by atoms with Crippen LogP contribution in [-0.2, 0) is 9.59 Å². The van der Waals surface area contributed by atoms with Crippen molar-refractivity contribution < 1.29 is 9.59 Å². The van der Waals surface area contributed by atoms with Gasteiger partial charge in [0.25, 0.3) is 0 Å². The number of hydrogen-bond donors (Lipinski definition) is 0. The molecule has 0 N–H and O–H groups in total. The van der Waals surface area contributed by atoms with Gasteiger partial charge in [-0.2, -0.15) is 0 Å². The van der Waals surface area contributed by atoms with Crippen molar-refractivity contribution in [3.8, 4) is 0 Å². The van der Waals surface area contributed by atoms with Gasteiger partial charge in [0, 0.05) is 0 Å². The van der Waals surface area contributed by atoms with Gasteiger partial charge in [-0.3, -0.25) is 0 Å². The quantitative estimate of drug-likeness (QED) is 0.472. The van der Waals surface area contributed by atoms with Crippen LogP contribution in [0.25, 0.3) is 0 Å². The van der Waals surface area contributed by atoms with Gasteiger partial charge in [-0.25, -0.2) is 0 Å². The summed E-state index contributed by atoms with van der Waals surface area (Å²) in [5.41, 5.74) is 0. The fourth-order valence-electron chi connectivity index (χ4n) is 2.56. The Labute approximate surface area is 114 Å². The minimum atomic E-state index is -2.45. The number of rotatable bonds is 4. The molecule has 0 rings (SSSR count). The molecule has 0 bridgehead atoms. The van der Waals surface area contributed by atoms with Crippen molar-refractivity contribution >= 4 is 56.7 Å². The van der Waals surface area contributed by atoms with E-state index < -0.39 is 44.8 Å². The molecule has 0 saturated carbocycles. The van der Waals surface area contributed by atoms with E-state index in [0.29, 0.717) is 0 Å². The van der Waals surface area contributed by atoms with Crippen molar-refractivity contribution in [3.63, 3.8) is 0 Å². The number of carbonyl (C=O) groups excluding carboxylic acids is 2. The third-order valence-electron chi connectivity index (χ3n) is 2.95. The molecule has 0 unspecified atom stereocenters. The second kappa shape index (κ2) is 5.78. The molecule has 17 heavy (non-hydrogen) atoms. The van der Waals surface area contributed by atoms with Gasteiger partial charge in [-0.15, -0.1) is 0 Å². The Morgan fingerprint density at radius 1 is 0.765 bits per heavy atom. The van der Waals surface area contributed by atoms with Gasteiger partial charge < -0.3 is 0 Å². The predicted molar refractivity (Wildman–Crippen MR) is 82.6 cm³/mol. The summed E-state index contributed by atoms with van der Waals surface area (Å²) in [4.78, 5) is 36.1. The Balaban J connectivity index is 5.89. The van der Waals surface area contributed by atoms with Gasteiger partial charge in [-0.1, -0.05) is 0 Å². The van der Waals surface area contributed by atoms with Crippen molar-refractivity contribution in [3.05, 3.63) is 6.42 Å². The molecule has 0 aliphatic heterocycles. The SMILES string of the molecule is C[Si](C)([C](=C=O)[Sn]([CH3])([CH3])[CH3])[C](=C=O)[Sn]([CH3])([CH3])[CH3]. The second-order valence-electron chi connectivity index (χ2n) is 7.08. The van der Waals surface area contributed by atoms with E-state index in [4.69, 9.17) is 0 Å². The fraction of sp³-hybridized carbons (Fsp3) is 0.667. The average molecular weight is 466 g/mol. The van der Waals surface area contributed by atoms with Crippen LogP contribution in [0.15, 0.2) is 6.42 Å². The Kier molecular flexibility index (Phi) is 6.03. The zero-order valence-corrected chi connectivity index (χ0v) is 19.0. The molecule has 0 radical (unpaired) electrons. The summed E-state index contributed by atoms with van der Waals surface area (Å²) in [5, 5.41) is 0. The summed E-state index contributed by atoms with van der Waals surface area (Å²) in [6.07, 6.45) is 0. The Bertz CT molecular complexity index is 363. The zero-order chi connectivity index (χ0) is 14.1. The summed E-state index contributed by atoms with van der Waals surface area (Å²) in [7, 11) is -2.06. The van der Waals surface area contributed by atoms with E-state index >= 15 is 0 Å². The Hall–Kier alpha value is 0.714. The standard InChI is InChI=1S/C6H6O2Si.6CH3.2Sn/c1-9(2,5-3-7)6-4-8;;;;;;;;/h1-2H3;6*1H3;;. The van der Waals surface area contributed by atoms with Crippen molar-refractivity contribution in [2.75, 3.05) is 0 Å². The van der Waals surface area contributed by atoms with E-state index in [0.717, 1.165) is 6.42 Å². The zero-order valence-electron chi connectivity index (χ0n) is 12.3. The monoisotopic (exact) mass is 468 g/mol. The molecule has 96 valence electrons. The summed E-state index contributed by atoms with van der Waals surface area (Å²) in [6, 6.07) is 0. The molecule has 0 aliphatic rings. The van der Waals surface area contributed by atoms with Gasteiger partial charge in [0.1, 0.15) is 0 Å². The summed E-state index contributed by atoms with van der Waals surface area (Å²) < 4.78 is 2.02. The third kappa shape index (κ3) is 4.39. The van der Waals surface area contributed by atoms with Crippen molar-refractivity contribution in [1.29, 1.82) is 0 Å². The van der Waals surface area contributed by atoms with Crippen molar-refractivity contribution in [2.24, 2.45) is 0 Å². The van der Waals surface area contributed by atoms with E-state index in [1.54, 1.807) is 0 Å². The van der Waals surface area contributed by atoms with Crippen LogP contribution in [0.1, 0.15) is 0 Å². The van der Waals surface area contributed by atoms with Crippen LogP contribution in [0.2, 0.25) is 42.7 Å². The molecule has 0 aromatic carbocycles. The Morgan fingerprint density at radius 3 is 1.12 bits per heavy atom. The van der Waals surface area contributed by atoms with E-state index in [2.05, 4.69) is 54.6 Å². The van der Waals surface area contributed by atoms with Gasteiger partial charge >= 0.3 is 115 Å². The van der Waals surface area contributed by atoms with Gasteiger partial charge in [0.2, 0.25) is 0 Å². The summed E-state index contributed by atoms with van der Waals surface area (Å²) in [5.74, 6) is 4.45. The molecule has 0 aromatic rings. The molecule has 5 heteroatoms. The normalized spacial score (nSPS) is 12.7. The maximum absolute atomic E-state index is 11.4. The van der Waals surface area contributed by atoms with Crippen LogP contribution >= 0.6 is 0 Å². The van der Waals surface area contributed by atoms with E-state index in [-0.39, 0.29) is 0 Å². The molecule has 0 spiro atoms. The summed E-state index contributed by atoms with van der Waals surface area (Å²) >= 11 is -4.90. The fourth-order valence-corrected chi connectivity index (χ4v) is 46.1. The average Bonchev–Trinajstić information content (AvgIpc) is 1.98. The van der Waals surface area contributed by atoms with Crippen LogP contribution in [0, 0.1) is 0 Å². The van der Waals surface area contributed by atoms with E-state index in [9.17, 15) is 9.59 Å². The molecule has 0 atom stereocenters. The first-order chi connectivity index (χ1) is 7.39. The maximum atomic E-state index is 11.4. The first-order valence-corrected chi connectivity index (χ1v) is 28.9. The second-order valence-corrected chi connectivity index (χ2v) is 42.7. The van der Waals surface area contributed by atoms with E-state index in [1.165, 1.54) is 0 Å². The topological polar surface area (TPSA) is 34.1 Å². The Morgan fingerprint density at radius 2 is 1.00 bits per heavy atom. The van der Waals surface area contributed by atoms with Gasteiger partial charge in [0.05, 0.1) is 0 Å². The molecular weight excluding hydrogens is 442 g/mol. The first-order valence-electron chi connectivity index (χ1n) is 5.91. The first kappa shape index (κ1) is 17.7. The molecule has 2 nitrogen and oxygen atoms in total. The van der Waals surface area contributed by atoms with Crippen LogP contribution in [0.4, 0.5) is 0 Å². The van der Waals surface area contributed by atoms with Crippen LogP contribution in [0.5, 0.6) is 0 Å². The molecule has 0 fully saturated rings. The van der Waals surface area contributed by atoms with Crippen LogP contribution in [-0.4, -0.2) is 56.7 Å². The molecule has 0 heterocycles. The summed E-state index contributed by atoms with van der Waals surface area (Å²) in [6.45, 7) is 4.27. The molecule has 0 amide bonds. The molecule has 0 aromatic heterocycles.